The quantitative estimate of drug-likeness (QED) is 0.881. The highest BCUT2D eigenvalue weighted by Crippen LogP contribution is 2.33. The summed E-state index contributed by atoms with van der Waals surface area (Å²) in [4.78, 5) is 4.53. The number of aromatic nitrogens is 1. The van der Waals surface area contributed by atoms with E-state index in [-0.39, 0.29) is 6.04 Å². The number of nitrogens with one attached hydrogen (secondary N) is 1. The minimum Gasteiger partial charge on any atom is -0.437 e. The molecule has 1 aromatic carbocycles. The van der Waals surface area contributed by atoms with E-state index in [0.717, 1.165) is 30.3 Å². The van der Waals surface area contributed by atoms with Crippen molar-refractivity contribution in [2.24, 2.45) is 5.92 Å². The van der Waals surface area contributed by atoms with Crippen LogP contribution in [0.3, 0.4) is 0 Å². The van der Waals surface area contributed by atoms with Crippen LogP contribution in [0.5, 0.6) is 0 Å². The molecule has 0 aliphatic carbocycles. The number of hydrogen-bond acceptors (Lipinski definition) is 3. The lowest BCUT2D eigenvalue weighted by molar-refractivity contribution is 0.268. The van der Waals surface area contributed by atoms with Gasteiger partial charge in [-0.25, -0.2) is 4.98 Å². The fourth-order valence-corrected chi connectivity index (χ4v) is 3.20. The van der Waals surface area contributed by atoms with Crippen molar-refractivity contribution in [3.63, 3.8) is 0 Å². The number of benzene rings is 1. The highest BCUT2D eigenvalue weighted by atomic mass is 35.5. The summed E-state index contributed by atoms with van der Waals surface area (Å²) in [6.07, 6.45) is 3.49. The largest absolute Gasteiger partial charge is 0.437 e. The Hall–Kier alpha value is -0.770. The summed E-state index contributed by atoms with van der Waals surface area (Å²) in [6, 6.07) is 3.65. The van der Waals surface area contributed by atoms with Crippen molar-refractivity contribution < 1.29 is 4.42 Å². The van der Waals surface area contributed by atoms with Gasteiger partial charge in [0, 0.05) is 5.02 Å². The van der Waals surface area contributed by atoms with Crippen molar-refractivity contribution in [2.75, 3.05) is 6.54 Å². The van der Waals surface area contributed by atoms with Crippen LogP contribution in [0.25, 0.3) is 11.1 Å². The molecular weight excluding hydrogens is 283 g/mol. The molecule has 3 nitrogen and oxygen atoms in total. The van der Waals surface area contributed by atoms with Crippen molar-refractivity contribution >= 4 is 34.3 Å². The highest BCUT2D eigenvalue weighted by Gasteiger charge is 2.26. The van der Waals surface area contributed by atoms with Crippen LogP contribution < -0.4 is 5.32 Å². The smallest absolute Gasteiger partial charge is 0.212 e. The molecule has 1 fully saturated rings. The Labute approximate surface area is 122 Å². The highest BCUT2D eigenvalue weighted by molar-refractivity contribution is 6.37. The van der Waals surface area contributed by atoms with Crippen molar-refractivity contribution in [3.8, 4) is 0 Å². The summed E-state index contributed by atoms with van der Waals surface area (Å²) >= 11 is 12.1. The molecule has 1 N–H and O–H groups in total. The molecule has 0 amide bonds. The number of halogens is 2. The van der Waals surface area contributed by atoms with Crippen molar-refractivity contribution in [1.82, 2.24) is 10.3 Å². The predicted octanol–water partition coefficient (Wildman–Crippen LogP) is 4.59. The van der Waals surface area contributed by atoms with Gasteiger partial charge < -0.3 is 9.73 Å². The van der Waals surface area contributed by atoms with Crippen LogP contribution in [-0.4, -0.2) is 11.5 Å². The molecule has 0 radical (unpaired) electrons. The molecule has 0 saturated carbocycles. The molecule has 1 aliphatic heterocycles. The number of rotatable bonds is 2. The zero-order chi connectivity index (χ0) is 13.4. The SMILES string of the molecule is CCC1CCNC(c2nc3cc(Cl)cc(Cl)c3o2)C1. The molecule has 1 aliphatic rings. The number of piperidine rings is 1. The van der Waals surface area contributed by atoms with Gasteiger partial charge in [0.05, 0.1) is 11.1 Å². The molecule has 0 spiro atoms. The molecule has 2 heterocycles. The number of oxazole rings is 1. The molecular formula is C14H16Cl2N2O. The fourth-order valence-electron chi connectivity index (χ4n) is 2.68. The van der Waals surface area contributed by atoms with Gasteiger partial charge >= 0.3 is 0 Å². The van der Waals surface area contributed by atoms with Crippen LogP contribution >= 0.6 is 23.2 Å². The third kappa shape index (κ3) is 2.60. The van der Waals surface area contributed by atoms with Crippen LogP contribution in [0.1, 0.15) is 38.1 Å². The third-order valence-corrected chi connectivity index (χ3v) is 4.31. The first-order valence-electron chi connectivity index (χ1n) is 6.66. The zero-order valence-corrected chi connectivity index (χ0v) is 12.3. The van der Waals surface area contributed by atoms with Crippen LogP contribution in [0.2, 0.25) is 10.0 Å². The van der Waals surface area contributed by atoms with Gasteiger partial charge in [-0.1, -0.05) is 36.5 Å². The Morgan fingerprint density at radius 3 is 3.05 bits per heavy atom. The van der Waals surface area contributed by atoms with E-state index in [1.165, 1.54) is 12.8 Å². The van der Waals surface area contributed by atoms with Gasteiger partial charge in [-0.3, -0.25) is 0 Å². The molecule has 2 unspecified atom stereocenters. The first kappa shape index (κ1) is 13.2. The fraction of sp³-hybridized carbons (Fsp3) is 0.500. The van der Waals surface area contributed by atoms with Gasteiger partial charge in [0.25, 0.3) is 0 Å². The average molecular weight is 299 g/mol. The Balaban J connectivity index is 1.94. The molecule has 2 atom stereocenters. The van der Waals surface area contributed by atoms with Crippen molar-refractivity contribution in [2.45, 2.75) is 32.2 Å². The molecule has 1 aromatic heterocycles. The van der Waals surface area contributed by atoms with Gasteiger partial charge in [0.2, 0.25) is 5.89 Å². The van der Waals surface area contributed by atoms with E-state index in [2.05, 4.69) is 17.2 Å². The lowest BCUT2D eigenvalue weighted by atomic mass is 9.90. The molecule has 2 aromatic rings. The summed E-state index contributed by atoms with van der Waals surface area (Å²) in [7, 11) is 0. The van der Waals surface area contributed by atoms with E-state index in [1.54, 1.807) is 12.1 Å². The van der Waals surface area contributed by atoms with Gasteiger partial charge in [0.15, 0.2) is 5.58 Å². The topological polar surface area (TPSA) is 38.1 Å². The second-order valence-electron chi connectivity index (χ2n) is 5.09. The Kier molecular flexibility index (Phi) is 3.70. The van der Waals surface area contributed by atoms with E-state index in [0.29, 0.717) is 15.6 Å². The normalized spacial score (nSPS) is 23.9. The second-order valence-corrected chi connectivity index (χ2v) is 5.94. The first-order valence-corrected chi connectivity index (χ1v) is 7.42. The Morgan fingerprint density at radius 2 is 2.26 bits per heavy atom. The molecule has 19 heavy (non-hydrogen) atoms. The summed E-state index contributed by atoms with van der Waals surface area (Å²) in [5, 5.41) is 4.56. The maximum atomic E-state index is 6.13. The zero-order valence-electron chi connectivity index (χ0n) is 10.7. The molecule has 5 heteroatoms. The van der Waals surface area contributed by atoms with Crippen LogP contribution in [0, 0.1) is 5.92 Å². The number of hydrogen-bond donors (Lipinski definition) is 1. The second kappa shape index (κ2) is 5.31. The van der Waals surface area contributed by atoms with Crippen molar-refractivity contribution in [3.05, 3.63) is 28.1 Å². The monoisotopic (exact) mass is 298 g/mol. The molecule has 3 rings (SSSR count). The summed E-state index contributed by atoms with van der Waals surface area (Å²) in [5.41, 5.74) is 1.36. The minimum absolute atomic E-state index is 0.181. The maximum absolute atomic E-state index is 6.13. The van der Waals surface area contributed by atoms with Crippen molar-refractivity contribution in [1.29, 1.82) is 0 Å². The van der Waals surface area contributed by atoms with E-state index in [1.807, 2.05) is 0 Å². The van der Waals surface area contributed by atoms with Crippen LogP contribution in [0.15, 0.2) is 16.5 Å². The molecule has 1 saturated heterocycles. The van der Waals surface area contributed by atoms with Gasteiger partial charge in [-0.15, -0.1) is 0 Å². The third-order valence-electron chi connectivity index (χ3n) is 3.81. The summed E-state index contributed by atoms with van der Waals surface area (Å²) in [6.45, 7) is 3.24. The average Bonchev–Trinajstić information content (AvgIpc) is 2.83. The van der Waals surface area contributed by atoms with Gasteiger partial charge in [0.1, 0.15) is 5.52 Å². The van der Waals surface area contributed by atoms with Crippen LogP contribution in [0.4, 0.5) is 0 Å². The van der Waals surface area contributed by atoms with Crippen LogP contribution in [-0.2, 0) is 0 Å². The first-order chi connectivity index (χ1) is 9.17. The summed E-state index contributed by atoms with van der Waals surface area (Å²) in [5.74, 6) is 1.46. The van der Waals surface area contributed by atoms with E-state index >= 15 is 0 Å². The number of nitrogens with zero attached hydrogens (tertiary/aromatic N) is 1. The van der Waals surface area contributed by atoms with E-state index in [4.69, 9.17) is 27.6 Å². The lowest BCUT2D eigenvalue weighted by Crippen LogP contribution is -2.31. The number of fused-ring (bicyclic) bond motifs is 1. The van der Waals surface area contributed by atoms with Gasteiger partial charge in [-0.05, 0) is 37.4 Å². The van der Waals surface area contributed by atoms with E-state index < -0.39 is 0 Å². The lowest BCUT2D eigenvalue weighted by Gasteiger charge is -2.27. The standard InChI is InChI=1S/C14H16Cl2N2O/c1-2-8-3-4-17-12(5-8)14-18-11-7-9(15)6-10(16)13(11)19-14/h6-8,12,17H,2-5H2,1H3. The Morgan fingerprint density at radius 1 is 1.42 bits per heavy atom. The maximum Gasteiger partial charge on any atom is 0.212 e. The molecule has 102 valence electrons. The summed E-state index contributed by atoms with van der Waals surface area (Å²) < 4.78 is 5.82. The predicted molar refractivity (Wildman–Crippen MR) is 77.8 cm³/mol. The van der Waals surface area contributed by atoms with Gasteiger partial charge in [-0.2, -0.15) is 0 Å². The van der Waals surface area contributed by atoms with E-state index in [9.17, 15) is 0 Å². The Bertz CT molecular complexity index is 596. The molecule has 0 bridgehead atoms. The minimum atomic E-state index is 0.181.